The van der Waals surface area contributed by atoms with E-state index in [0.29, 0.717) is 17.3 Å². The van der Waals surface area contributed by atoms with Crippen LogP contribution in [0.15, 0.2) is 11.3 Å². The number of nitrogens with two attached hydrogens (primary N) is 1. The molecule has 7 atom stereocenters. The highest BCUT2D eigenvalue weighted by molar-refractivity contribution is 5.77. The average Bonchev–Trinajstić information content (AvgIpc) is 2.77. The van der Waals surface area contributed by atoms with Crippen LogP contribution in [0.25, 0.3) is 0 Å². The molecular weight excluding hydrogens is 296 g/mol. The Morgan fingerprint density at radius 3 is 2.50 bits per heavy atom. The van der Waals surface area contributed by atoms with Crippen molar-refractivity contribution in [3.05, 3.63) is 11.3 Å². The topological polar surface area (TPSA) is 70.1 Å². The largest absolute Gasteiger partial charge is 0.402 e. The van der Waals surface area contributed by atoms with Gasteiger partial charge in [0.25, 0.3) is 0 Å². The number of hydrogen-bond acceptors (Lipinski definition) is 3. The van der Waals surface area contributed by atoms with Gasteiger partial charge in [-0.05, 0) is 98.4 Å². The summed E-state index contributed by atoms with van der Waals surface area (Å²) in [5.41, 5.74) is 8.23. The summed E-state index contributed by atoms with van der Waals surface area (Å²) in [5, 5.41) is 18.8. The summed E-state index contributed by atoms with van der Waals surface area (Å²) in [6.07, 6.45) is 10.6. The normalized spacial score (nSPS) is 54.0. The van der Waals surface area contributed by atoms with Crippen LogP contribution in [0, 0.1) is 39.9 Å². The third-order valence-corrected chi connectivity index (χ3v) is 9.25. The van der Waals surface area contributed by atoms with Gasteiger partial charge in [-0.25, -0.2) is 0 Å². The standard InChI is InChI=1S/C21H34N2O/c1-19-11-13(12-22)18(23)10-14(19)4-5-15-16(19)6-8-20(2)17(15)7-9-21(20,3)24/h12,14-17,22,24H,4-11,23H2,1-3H3/t14?,15?,16?,17?,19?,20?,21-/m0/s1. The van der Waals surface area contributed by atoms with Crippen LogP contribution in [-0.4, -0.2) is 16.9 Å². The summed E-state index contributed by atoms with van der Waals surface area (Å²) in [7, 11) is 0. The highest BCUT2D eigenvalue weighted by atomic mass is 16.3. The Balaban J connectivity index is 1.68. The van der Waals surface area contributed by atoms with E-state index in [4.69, 9.17) is 11.1 Å². The van der Waals surface area contributed by atoms with Gasteiger partial charge < -0.3 is 16.2 Å². The van der Waals surface area contributed by atoms with E-state index in [-0.39, 0.29) is 5.41 Å². The summed E-state index contributed by atoms with van der Waals surface area (Å²) in [6.45, 7) is 6.93. The molecule has 3 nitrogen and oxygen atoms in total. The number of allylic oxidation sites excluding steroid dienone is 2. The Morgan fingerprint density at radius 2 is 1.79 bits per heavy atom. The van der Waals surface area contributed by atoms with Crippen LogP contribution in [-0.2, 0) is 0 Å². The summed E-state index contributed by atoms with van der Waals surface area (Å²) >= 11 is 0. The van der Waals surface area contributed by atoms with Gasteiger partial charge in [-0.3, -0.25) is 0 Å². The lowest BCUT2D eigenvalue weighted by Crippen LogP contribution is -2.55. The molecule has 4 N–H and O–H groups in total. The second-order valence-electron chi connectivity index (χ2n) is 10.0. The fourth-order valence-corrected chi connectivity index (χ4v) is 7.45. The molecule has 0 amide bonds. The highest BCUT2D eigenvalue weighted by Gasteiger charge is 2.63. The van der Waals surface area contributed by atoms with Crippen LogP contribution in [0.1, 0.15) is 72.1 Å². The lowest BCUT2D eigenvalue weighted by atomic mass is 9.44. The molecule has 3 heteroatoms. The van der Waals surface area contributed by atoms with Crippen LogP contribution in [0.4, 0.5) is 0 Å². The summed E-state index contributed by atoms with van der Waals surface area (Å²) in [6, 6.07) is 0. The van der Waals surface area contributed by atoms with E-state index >= 15 is 0 Å². The highest BCUT2D eigenvalue weighted by Crippen LogP contribution is 2.68. The summed E-state index contributed by atoms with van der Waals surface area (Å²) in [4.78, 5) is 0. The van der Waals surface area contributed by atoms with Gasteiger partial charge in [0.05, 0.1) is 5.60 Å². The zero-order valence-electron chi connectivity index (χ0n) is 15.6. The number of rotatable bonds is 1. The second kappa shape index (κ2) is 5.09. The molecule has 24 heavy (non-hydrogen) atoms. The van der Waals surface area contributed by atoms with Crippen molar-refractivity contribution in [2.24, 2.45) is 40.2 Å². The molecule has 4 aliphatic rings. The number of nitrogens with one attached hydrogen (secondary N) is 1. The fraction of sp³-hybridized carbons (Fsp3) is 0.857. The molecule has 0 aromatic rings. The maximum Gasteiger partial charge on any atom is 0.0675 e. The van der Waals surface area contributed by atoms with Crippen molar-refractivity contribution in [2.45, 2.75) is 77.7 Å². The molecular formula is C21H34N2O. The zero-order valence-corrected chi connectivity index (χ0v) is 15.6. The van der Waals surface area contributed by atoms with E-state index in [1.807, 2.05) is 0 Å². The van der Waals surface area contributed by atoms with E-state index in [1.54, 1.807) is 0 Å². The van der Waals surface area contributed by atoms with Crippen LogP contribution in [0.2, 0.25) is 0 Å². The van der Waals surface area contributed by atoms with Gasteiger partial charge in [0, 0.05) is 11.9 Å². The van der Waals surface area contributed by atoms with Crippen LogP contribution < -0.4 is 5.73 Å². The minimum Gasteiger partial charge on any atom is -0.402 e. The van der Waals surface area contributed by atoms with Gasteiger partial charge in [-0.2, -0.15) is 0 Å². The average molecular weight is 331 g/mol. The van der Waals surface area contributed by atoms with Crippen molar-refractivity contribution in [2.75, 3.05) is 0 Å². The van der Waals surface area contributed by atoms with Crippen LogP contribution in [0.3, 0.4) is 0 Å². The molecule has 6 unspecified atom stereocenters. The van der Waals surface area contributed by atoms with Crippen molar-refractivity contribution < 1.29 is 5.11 Å². The number of hydrogen-bond donors (Lipinski definition) is 3. The smallest absolute Gasteiger partial charge is 0.0675 e. The first-order valence-corrected chi connectivity index (χ1v) is 9.93. The van der Waals surface area contributed by atoms with Gasteiger partial charge in [0.1, 0.15) is 0 Å². The predicted octanol–water partition coefficient (Wildman–Crippen LogP) is 4.25. The predicted molar refractivity (Wildman–Crippen MR) is 97.7 cm³/mol. The Kier molecular flexibility index (Phi) is 3.53. The minimum atomic E-state index is -0.489. The lowest BCUT2D eigenvalue weighted by Gasteiger charge is -2.61. The Bertz CT molecular complexity index is 595. The quantitative estimate of drug-likeness (QED) is 0.629. The van der Waals surface area contributed by atoms with Gasteiger partial charge in [0.15, 0.2) is 0 Å². The first-order valence-electron chi connectivity index (χ1n) is 9.93. The first-order chi connectivity index (χ1) is 11.2. The van der Waals surface area contributed by atoms with Crippen molar-refractivity contribution >= 4 is 6.21 Å². The van der Waals surface area contributed by atoms with Gasteiger partial charge in [0.2, 0.25) is 0 Å². The molecule has 0 spiro atoms. The maximum atomic E-state index is 11.0. The van der Waals surface area contributed by atoms with Crippen LogP contribution >= 0.6 is 0 Å². The zero-order chi connectivity index (χ0) is 17.3. The third kappa shape index (κ3) is 1.97. The molecule has 4 rings (SSSR count). The van der Waals surface area contributed by atoms with Crippen molar-refractivity contribution in [3.63, 3.8) is 0 Å². The molecule has 0 radical (unpaired) electrons. The minimum absolute atomic E-state index is 0.102. The molecule has 134 valence electrons. The van der Waals surface area contributed by atoms with Crippen molar-refractivity contribution in [1.29, 1.82) is 5.41 Å². The molecule has 0 aromatic heterocycles. The van der Waals surface area contributed by atoms with E-state index in [1.165, 1.54) is 31.9 Å². The summed E-state index contributed by atoms with van der Waals surface area (Å²) < 4.78 is 0. The monoisotopic (exact) mass is 330 g/mol. The third-order valence-electron chi connectivity index (χ3n) is 9.25. The maximum absolute atomic E-state index is 11.0. The van der Waals surface area contributed by atoms with E-state index < -0.39 is 5.60 Å². The molecule has 0 saturated heterocycles. The second-order valence-corrected chi connectivity index (χ2v) is 10.0. The molecule has 0 heterocycles. The molecule has 0 aromatic carbocycles. The molecule has 0 bridgehead atoms. The Labute approximate surface area is 146 Å². The van der Waals surface area contributed by atoms with E-state index in [9.17, 15) is 5.11 Å². The summed E-state index contributed by atoms with van der Waals surface area (Å²) in [5.74, 6) is 2.86. The lowest BCUT2D eigenvalue weighted by molar-refractivity contribution is -0.139. The SMILES string of the molecule is CC12CC(C=N)=C(N)CC1CCC1C2CCC2(C)C1CC[C@]2(C)O. The first kappa shape index (κ1) is 16.6. The Hall–Kier alpha value is -0.830. The van der Waals surface area contributed by atoms with Gasteiger partial charge in [-0.15, -0.1) is 0 Å². The van der Waals surface area contributed by atoms with Gasteiger partial charge >= 0.3 is 0 Å². The molecule has 3 fully saturated rings. The number of aliphatic hydroxyl groups is 1. The van der Waals surface area contributed by atoms with Crippen molar-refractivity contribution in [1.82, 2.24) is 0 Å². The molecule has 4 aliphatic carbocycles. The van der Waals surface area contributed by atoms with E-state index in [2.05, 4.69) is 20.8 Å². The molecule has 0 aliphatic heterocycles. The Morgan fingerprint density at radius 1 is 1.08 bits per heavy atom. The van der Waals surface area contributed by atoms with Gasteiger partial charge in [-0.1, -0.05) is 13.8 Å². The molecule has 3 saturated carbocycles. The van der Waals surface area contributed by atoms with Crippen LogP contribution in [0.5, 0.6) is 0 Å². The fourth-order valence-electron chi connectivity index (χ4n) is 7.45. The van der Waals surface area contributed by atoms with E-state index in [0.717, 1.165) is 48.8 Å². The van der Waals surface area contributed by atoms with Crippen molar-refractivity contribution in [3.8, 4) is 0 Å². The number of fused-ring (bicyclic) bond motifs is 5.